The van der Waals surface area contributed by atoms with Gasteiger partial charge in [-0.1, -0.05) is 25.1 Å². The van der Waals surface area contributed by atoms with Crippen LogP contribution in [0.25, 0.3) is 0 Å². The molecule has 0 saturated carbocycles. The van der Waals surface area contributed by atoms with Gasteiger partial charge < -0.3 is 15.4 Å². The fraction of sp³-hybridized carbons (Fsp3) is 0.429. The normalized spacial score (nSPS) is 9.79. The Hall–Kier alpha value is -2.04. The number of carbonyl (C=O) groups excluding carboxylic acids is 2. The van der Waals surface area contributed by atoms with Crippen molar-refractivity contribution in [2.24, 2.45) is 0 Å². The third kappa shape index (κ3) is 5.42. The van der Waals surface area contributed by atoms with Crippen molar-refractivity contribution in [2.75, 3.05) is 13.7 Å². The standard InChI is InChI=1S/C14H20N2O3/c1-3-8-15-13(17)9-14(18)16-10-11-6-4-5-7-12(11)19-2/h4-7H,3,8-10H2,1-2H3,(H,15,17)(H,16,18). The molecule has 5 heteroatoms. The van der Waals surface area contributed by atoms with Gasteiger partial charge in [-0.05, 0) is 12.5 Å². The van der Waals surface area contributed by atoms with Crippen molar-refractivity contribution in [1.29, 1.82) is 0 Å². The molecule has 0 atom stereocenters. The SMILES string of the molecule is CCCNC(=O)CC(=O)NCc1ccccc1OC. The Morgan fingerprint density at radius 3 is 2.53 bits per heavy atom. The second-order valence-corrected chi connectivity index (χ2v) is 4.12. The molecule has 1 aromatic carbocycles. The first-order valence-corrected chi connectivity index (χ1v) is 6.32. The molecule has 0 saturated heterocycles. The summed E-state index contributed by atoms with van der Waals surface area (Å²) < 4.78 is 5.18. The van der Waals surface area contributed by atoms with Crippen LogP contribution in [0.2, 0.25) is 0 Å². The maximum atomic E-state index is 11.6. The van der Waals surface area contributed by atoms with E-state index in [1.165, 1.54) is 0 Å². The topological polar surface area (TPSA) is 67.4 Å². The van der Waals surface area contributed by atoms with Crippen molar-refractivity contribution in [1.82, 2.24) is 10.6 Å². The van der Waals surface area contributed by atoms with Crippen LogP contribution in [-0.4, -0.2) is 25.5 Å². The Labute approximate surface area is 113 Å². The summed E-state index contributed by atoms with van der Waals surface area (Å²) in [6, 6.07) is 7.44. The number of carbonyl (C=O) groups is 2. The van der Waals surface area contributed by atoms with Gasteiger partial charge in [0, 0.05) is 18.7 Å². The molecule has 0 spiro atoms. The largest absolute Gasteiger partial charge is 0.496 e. The maximum absolute atomic E-state index is 11.6. The molecule has 2 N–H and O–H groups in total. The monoisotopic (exact) mass is 264 g/mol. The number of methoxy groups -OCH3 is 1. The van der Waals surface area contributed by atoms with E-state index in [2.05, 4.69) is 10.6 Å². The van der Waals surface area contributed by atoms with Gasteiger partial charge in [-0.2, -0.15) is 0 Å². The van der Waals surface area contributed by atoms with Crippen LogP contribution in [0.4, 0.5) is 0 Å². The second kappa shape index (κ2) is 8.13. The van der Waals surface area contributed by atoms with Crippen LogP contribution in [0.15, 0.2) is 24.3 Å². The van der Waals surface area contributed by atoms with E-state index in [1.807, 2.05) is 31.2 Å². The van der Waals surface area contributed by atoms with E-state index >= 15 is 0 Å². The van der Waals surface area contributed by atoms with Crippen molar-refractivity contribution >= 4 is 11.8 Å². The summed E-state index contributed by atoms with van der Waals surface area (Å²) >= 11 is 0. The summed E-state index contributed by atoms with van der Waals surface area (Å²) in [5.74, 6) is 0.178. The van der Waals surface area contributed by atoms with Crippen LogP contribution in [0, 0.1) is 0 Å². The molecule has 0 bridgehead atoms. The average molecular weight is 264 g/mol. The van der Waals surface area contributed by atoms with Crippen LogP contribution in [0.3, 0.4) is 0 Å². The summed E-state index contributed by atoms with van der Waals surface area (Å²) in [5, 5.41) is 5.36. The lowest BCUT2D eigenvalue weighted by Gasteiger charge is -2.09. The zero-order chi connectivity index (χ0) is 14.1. The summed E-state index contributed by atoms with van der Waals surface area (Å²) in [4.78, 5) is 22.9. The summed E-state index contributed by atoms with van der Waals surface area (Å²) in [6.45, 7) is 2.91. The highest BCUT2D eigenvalue weighted by molar-refractivity contribution is 5.96. The van der Waals surface area contributed by atoms with Crippen LogP contribution in [0.5, 0.6) is 5.75 Å². The van der Waals surface area contributed by atoms with E-state index in [-0.39, 0.29) is 18.2 Å². The molecule has 0 unspecified atom stereocenters. The lowest BCUT2D eigenvalue weighted by Crippen LogP contribution is -2.32. The molecule has 19 heavy (non-hydrogen) atoms. The van der Waals surface area contributed by atoms with Crippen molar-refractivity contribution in [3.63, 3.8) is 0 Å². The van der Waals surface area contributed by atoms with Crippen LogP contribution < -0.4 is 15.4 Å². The molecule has 0 aliphatic carbocycles. The van der Waals surface area contributed by atoms with Gasteiger partial charge in [0.1, 0.15) is 12.2 Å². The average Bonchev–Trinajstić information content (AvgIpc) is 2.43. The van der Waals surface area contributed by atoms with Gasteiger partial charge >= 0.3 is 0 Å². The van der Waals surface area contributed by atoms with E-state index in [0.717, 1.165) is 17.7 Å². The highest BCUT2D eigenvalue weighted by atomic mass is 16.5. The maximum Gasteiger partial charge on any atom is 0.229 e. The molecule has 2 amide bonds. The number of rotatable bonds is 7. The quantitative estimate of drug-likeness (QED) is 0.728. The Balaban J connectivity index is 2.39. The highest BCUT2D eigenvalue weighted by Crippen LogP contribution is 2.16. The minimum absolute atomic E-state index is 0.144. The number of hydrogen-bond acceptors (Lipinski definition) is 3. The first-order chi connectivity index (χ1) is 9.17. The summed E-state index contributed by atoms with van der Waals surface area (Å²) in [7, 11) is 1.58. The molecule has 0 fully saturated rings. The van der Waals surface area contributed by atoms with Crippen LogP contribution in [0.1, 0.15) is 25.3 Å². The summed E-state index contributed by atoms with van der Waals surface area (Å²) in [5.41, 5.74) is 0.882. The number of amides is 2. The number of nitrogens with one attached hydrogen (secondary N) is 2. The van der Waals surface area contributed by atoms with Crippen molar-refractivity contribution in [2.45, 2.75) is 26.3 Å². The van der Waals surface area contributed by atoms with Gasteiger partial charge in [0.05, 0.1) is 7.11 Å². The fourth-order valence-electron chi connectivity index (χ4n) is 1.58. The van der Waals surface area contributed by atoms with E-state index < -0.39 is 0 Å². The van der Waals surface area contributed by atoms with E-state index in [0.29, 0.717) is 13.1 Å². The van der Waals surface area contributed by atoms with E-state index in [1.54, 1.807) is 7.11 Å². The van der Waals surface area contributed by atoms with Crippen LogP contribution >= 0.6 is 0 Å². The number of benzene rings is 1. The van der Waals surface area contributed by atoms with Gasteiger partial charge in [-0.3, -0.25) is 9.59 Å². The number of hydrogen-bond donors (Lipinski definition) is 2. The molecule has 104 valence electrons. The third-order valence-electron chi connectivity index (χ3n) is 2.56. The van der Waals surface area contributed by atoms with Gasteiger partial charge in [-0.15, -0.1) is 0 Å². The van der Waals surface area contributed by atoms with Crippen molar-refractivity contribution in [3.8, 4) is 5.75 Å². The fourth-order valence-corrected chi connectivity index (χ4v) is 1.58. The smallest absolute Gasteiger partial charge is 0.229 e. The zero-order valence-corrected chi connectivity index (χ0v) is 11.4. The Kier molecular flexibility index (Phi) is 6.43. The van der Waals surface area contributed by atoms with Crippen molar-refractivity contribution < 1.29 is 14.3 Å². The lowest BCUT2D eigenvalue weighted by molar-refractivity contribution is -0.129. The van der Waals surface area contributed by atoms with Gasteiger partial charge in [0.25, 0.3) is 0 Å². The molecule has 0 aliphatic rings. The Morgan fingerprint density at radius 2 is 1.84 bits per heavy atom. The molecule has 0 aliphatic heterocycles. The molecule has 1 aromatic rings. The first kappa shape index (κ1) is 15.0. The Bertz CT molecular complexity index is 432. The van der Waals surface area contributed by atoms with Gasteiger partial charge in [0.15, 0.2) is 0 Å². The predicted octanol–water partition coefficient (Wildman–Crippen LogP) is 1.23. The summed E-state index contributed by atoms with van der Waals surface area (Å²) in [6.07, 6.45) is 0.712. The van der Waals surface area contributed by atoms with Crippen LogP contribution in [-0.2, 0) is 16.1 Å². The third-order valence-corrected chi connectivity index (χ3v) is 2.56. The number of ether oxygens (including phenoxy) is 1. The predicted molar refractivity (Wildman–Crippen MR) is 72.8 cm³/mol. The van der Waals surface area contributed by atoms with Crippen molar-refractivity contribution in [3.05, 3.63) is 29.8 Å². The molecular weight excluding hydrogens is 244 g/mol. The number of para-hydroxylation sites is 1. The lowest BCUT2D eigenvalue weighted by atomic mass is 10.2. The van der Waals surface area contributed by atoms with Gasteiger partial charge in [0.2, 0.25) is 11.8 Å². The van der Waals surface area contributed by atoms with E-state index in [4.69, 9.17) is 4.74 Å². The highest BCUT2D eigenvalue weighted by Gasteiger charge is 2.09. The molecule has 0 aromatic heterocycles. The molecule has 1 rings (SSSR count). The minimum atomic E-state index is -0.292. The second-order valence-electron chi connectivity index (χ2n) is 4.12. The zero-order valence-electron chi connectivity index (χ0n) is 11.4. The first-order valence-electron chi connectivity index (χ1n) is 6.32. The van der Waals surface area contributed by atoms with Gasteiger partial charge in [-0.25, -0.2) is 0 Å². The Morgan fingerprint density at radius 1 is 1.16 bits per heavy atom. The van der Waals surface area contributed by atoms with E-state index in [9.17, 15) is 9.59 Å². The minimum Gasteiger partial charge on any atom is -0.496 e. The molecule has 0 radical (unpaired) electrons. The molecule has 0 heterocycles. The molecule has 5 nitrogen and oxygen atoms in total. The molecular formula is C14H20N2O3.